The van der Waals surface area contributed by atoms with E-state index in [0.29, 0.717) is 5.78 Å². The lowest BCUT2D eigenvalue weighted by Crippen LogP contribution is -2.09. The van der Waals surface area contributed by atoms with Crippen molar-refractivity contribution in [2.24, 2.45) is 0 Å². The van der Waals surface area contributed by atoms with E-state index in [1.165, 1.54) is 0 Å². The van der Waals surface area contributed by atoms with Crippen LogP contribution in [0, 0.1) is 3.70 Å². The molecule has 96 valence electrons. The zero-order valence-corrected chi connectivity index (χ0v) is 12.7. The van der Waals surface area contributed by atoms with Gasteiger partial charge in [-0.3, -0.25) is 4.40 Å². The molecule has 0 aromatic carbocycles. The molecule has 0 saturated heterocycles. The van der Waals surface area contributed by atoms with Gasteiger partial charge in [0.1, 0.15) is 9.52 Å². The fraction of sp³-hybridized carbons (Fsp3) is 0.154. The molecule has 5 nitrogen and oxygen atoms in total. The van der Waals surface area contributed by atoms with Crippen molar-refractivity contribution in [1.29, 1.82) is 0 Å². The number of pyridine rings is 1. The average molecular weight is 365 g/mol. The smallest absolute Gasteiger partial charge is 0.235 e. The molecule has 0 aliphatic rings. The number of fused-ring (bicyclic) bond motifs is 1. The summed E-state index contributed by atoms with van der Waals surface area (Å²) in [5.74, 6) is 1.64. The largest absolute Gasteiger partial charge is 0.363 e. The van der Waals surface area contributed by atoms with Crippen LogP contribution in [0.15, 0.2) is 36.8 Å². The number of hydrogen-bond acceptors (Lipinski definition) is 4. The van der Waals surface area contributed by atoms with Crippen LogP contribution in [0.1, 0.15) is 0 Å². The summed E-state index contributed by atoms with van der Waals surface area (Å²) in [7, 11) is 3.94. The average Bonchev–Trinajstić information content (AvgIpc) is 2.81. The van der Waals surface area contributed by atoms with Crippen LogP contribution in [-0.2, 0) is 0 Å². The Balaban J connectivity index is 2.03. The summed E-state index contributed by atoms with van der Waals surface area (Å²) in [4.78, 5) is 15.3. The Kier molecular flexibility index (Phi) is 3.09. The van der Waals surface area contributed by atoms with Crippen molar-refractivity contribution in [3.63, 3.8) is 0 Å². The zero-order valence-electron chi connectivity index (χ0n) is 10.6. The monoisotopic (exact) mass is 365 g/mol. The highest BCUT2D eigenvalue weighted by Crippen LogP contribution is 2.19. The molecular weight excluding hydrogens is 353 g/mol. The molecule has 0 fully saturated rings. The summed E-state index contributed by atoms with van der Waals surface area (Å²) in [5, 5.41) is 0. The maximum Gasteiger partial charge on any atom is 0.235 e. The van der Waals surface area contributed by atoms with Gasteiger partial charge in [-0.05, 0) is 40.8 Å². The van der Waals surface area contributed by atoms with Gasteiger partial charge in [-0.25, -0.2) is 15.0 Å². The Labute approximate surface area is 124 Å². The highest BCUT2D eigenvalue weighted by Gasteiger charge is 2.06. The van der Waals surface area contributed by atoms with Gasteiger partial charge in [0.25, 0.3) is 0 Å². The fourth-order valence-electron chi connectivity index (χ4n) is 1.79. The lowest BCUT2D eigenvalue weighted by Gasteiger charge is -2.10. The lowest BCUT2D eigenvalue weighted by molar-refractivity contribution is 1.07. The van der Waals surface area contributed by atoms with Crippen LogP contribution >= 0.6 is 22.6 Å². The molecule has 3 rings (SSSR count). The van der Waals surface area contributed by atoms with Crippen LogP contribution in [0.2, 0.25) is 0 Å². The molecule has 0 amide bonds. The standard InChI is InChI=1S/C13H12IN5/c1-18(2)12-4-3-9(7-15-12)10-8-19-6-5-11(14)17-13(19)16-10/h3-8H,1-2H3. The van der Waals surface area contributed by atoms with E-state index in [9.17, 15) is 0 Å². The number of anilines is 1. The normalized spacial score (nSPS) is 10.9. The van der Waals surface area contributed by atoms with Crippen molar-refractivity contribution in [3.8, 4) is 11.3 Å². The Morgan fingerprint density at radius 3 is 2.68 bits per heavy atom. The number of aromatic nitrogens is 4. The molecule has 0 saturated carbocycles. The second-order valence-electron chi connectivity index (χ2n) is 4.38. The van der Waals surface area contributed by atoms with E-state index < -0.39 is 0 Å². The quantitative estimate of drug-likeness (QED) is 0.517. The van der Waals surface area contributed by atoms with Gasteiger partial charge in [-0.1, -0.05) is 0 Å². The molecule has 19 heavy (non-hydrogen) atoms. The Morgan fingerprint density at radius 1 is 1.16 bits per heavy atom. The summed E-state index contributed by atoms with van der Waals surface area (Å²) in [6.07, 6.45) is 5.76. The van der Waals surface area contributed by atoms with Crippen LogP contribution in [0.5, 0.6) is 0 Å². The predicted octanol–water partition coefficient (Wildman–Crippen LogP) is 2.46. The first-order chi connectivity index (χ1) is 9.13. The van der Waals surface area contributed by atoms with E-state index in [2.05, 4.69) is 37.5 Å². The molecule has 0 radical (unpaired) electrons. The van der Waals surface area contributed by atoms with Crippen LogP contribution in [0.3, 0.4) is 0 Å². The summed E-state index contributed by atoms with van der Waals surface area (Å²) in [5.41, 5.74) is 1.87. The first-order valence-electron chi connectivity index (χ1n) is 5.78. The van der Waals surface area contributed by atoms with Crippen LogP contribution in [-0.4, -0.2) is 33.4 Å². The van der Waals surface area contributed by atoms with E-state index in [4.69, 9.17) is 0 Å². The lowest BCUT2D eigenvalue weighted by atomic mass is 10.2. The number of hydrogen-bond donors (Lipinski definition) is 0. The predicted molar refractivity (Wildman–Crippen MR) is 83.3 cm³/mol. The molecular formula is C13H12IN5. The van der Waals surface area contributed by atoms with Crippen LogP contribution < -0.4 is 4.90 Å². The van der Waals surface area contributed by atoms with E-state index in [1.807, 2.05) is 60.2 Å². The third-order valence-corrected chi connectivity index (χ3v) is 3.39. The zero-order chi connectivity index (χ0) is 13.4. The Morgan fingerprint density at radius 2 is 2.00 bits per heavy atom. The van der Waals surface area contributed by atoms with Gasteiger partial charge in [0.2, 0.25) is 5.78 Å². The minimum absolute atomic E-state index is 0.707. The number of rotatable bonds is 2. The van der Waals surface area contributed by atoms with Gasteiger partial charge in [0.05, 0.1) is 5.69 Å². The summed E-state index contributed by atoms with van der Waals surface area (Å²) in [6, 6.07) is 5.96. The molecule has 0 atom stereocenters. The SMILES string of the molecule is CN(C)c1ccc(-c2cn3ccc(I)nc3n2)cn1. The van der Waals surface area contributed by atoms with Gasteiger partial charge in [-0.2, -0.15) is 0 Å². The van der Waals surface area contributed by atoms with Crippen molar-refractivity contribution in [2.45, 2.75) is 0 Å². The molecule has 6 heteroatoms. The van der Waals surface area contributed by atoms with Crippen LogP contribution in [0.25, 0.3) is 17.0 Å². The van der Waals surface area contributed by atoms with E-state index in [1.54, 1.807) is 0 Å². The van der Waals surface area contributed by atoms with Crippen molar-refractivity contribution in [1.82, 2.24) is 19.4 Å². The Bertz CT molecular complexity index is 717. The highest BCUT2D eigenvalue weighted by molar-refractivity contribution is 14.1. The first kappa shape index (κ1) is 12.3. The molecule has 0 unspecified atom stereocenters. The van der Waals surface area contributed by atoms with Gasteiger partial charge in [0.15, 0.2) is 0 Å². The summed E-state index contributed by atoms with van der Waals surface area (Å²) < 4.78 is 2.85. The van der Waals surface area contributed by atoms with Crippen molar-refractivity contribution in [3.05, 3.63) is 40.5 Å². The van der Waals surface area contributed by atoms with Gasteiger partial charge < -0.3 is 4.90 Å². The third-order valence-electron chi connectivity index (χ3n) is 2.79. The van der Waals surface area contributed by atoms with Gasteiger partial charge in [0, 0.05) is 38.2 Å². The number of nitrogens with zero attached hydrogens (tertiary/aromatic N) is 5. The fourth-order valence-corrected chi connectivity index (χ4v) is 2.17. The molecule has 0 bridgehead atoms. The summed E-state index contributed by atoms with van der Waals surface area (Å²) >= 11 is 2.18. The minimum atomic E-state index is 0.707. The molecule has 0 spiro atoms. The van der Waals surface area contributed by atoms with Crippen molar-refractivity contribution >= 4 is 34.2 Å². The second kappa shape index (κ2) is 4.76. The molecule has 3 aromatic rings. The van der Waals surface area contributed by atoms with Crippen LogP contribution in [0.4, 0.5) is 5.82 Å². The molecule has 0 aliphatic carbocycles. The first-order valence-corrected chi connectivity index (χ1v) is 6.86. The molecule has 0 N–H and O–H groups in total. The number of imidazole rings is 1. The minimum Gasteiger partial charge on any atom is -0.363 e. The summed E-state index contributed by atoms with van der Waals surface area (Å²) in [6.45, 7) is 0. The third kappa shape index (κ3) is 2.40. The maximum absolute atomic E-state index is 4.51. The van der Waals surface area contributed by atoms with E-state index in [0.717, 1.165) is 20.8 Å². The molecule has 0 aliphatic heterocycles. The maximum atomic E-state index is 4.51. The topological polar surface area (TPSA) is 46.3 Å². The van der Waals surface area contributed by atoms with Crippen molar-refractivity contribution in [2.75, 3.05) is 19.0 Å². The van der Waals surface area contributed by atoms with Gasteiger partial charge >= 0.3 is 0 Å². The van der Waals surface area contributed by atoms with E-state index >= 15 is 0 Å². The van der Waals surface area contributed by atoms with Gasteiger partial charge in [-0.15, -0.1) is 0 Å². The molecule has 3 heterocycles. The van der Waals surface area contributed by atoms with E-state index in [-0.39, 0.29) is 0 Å². The number of halogens is 1. The molecule has 3 aromatic heterocycles. The highest BCUT2D eigenvalue weighted by atomic mass is 127. The Hall–Kier alpha value is -1.70. The second-order valence-corrected chi connectivity index (χ2v) is 5.49. The van der Waals surface area contributed by atoms with Crippen molar-refractivity contribution < 1.29 is 0 Å².